The van der Waals surface area contributed by atoms with Gasteiger partial charge < -0.3 is 10.6 Å². The minimum atomic E-state index is -0.607. The molecule has 2 aromatic carbocycles. The molecular formula is C24H30N4O3S. The molecular weight excluding hydrogens is 424 g/mol. The Hall–Kier alpha value is -3.26. The highest BCUT2D eigenvalue weighted by Gasteiger charge is 2.22. The van der Waals surface area contributed by atoms with Crippen molar-refractivity contribution >= 4 is 40.7 Å². The van der Waals surface area contributed by atoms with Crippen LogP contribution in [-0.4, -0.2) is 22.8 Å². The monoisotopic (exact) mass is 454 g/mol. The summed E-state index contributed by atoms with van der Waals surface area (Å²) in [6.45, 7) is 11.6. The highest BCUT2D eigenvalue weighted by atomic mass is 32.1. The number of hydrogen-bond acceptors (Lipinski definition) is 4. The molecule has 2 aromatic rings. The maximum atomic E-state index is 12.5. The lowest BCUT2D eigenvalue weighted by Crippen LogP contribution is -2.50. The maximum absolute atomic E-state index is 12.5. The summed E-state index contributed by atoms with van der Waals surface area (Å²) < 4.78 is 0. The summed E-state index contributed by atoms with van der Waals surface area (Å²) in [7, 11) is 0. The standard InChI is InChI=1S/C24H30N4O3S/c1-23(2,3)17-11-7-15(8-12-17)19(29)25-18-13-9-16(10-14-18)20(30)27-28-22(32)26-21(31)24(4,5)6/h7-14H,1-6H3,(H,25,29)(H,27,30)(H2,26,28,31,32). The summed E-state index contributed by atoms with van der Waals surface area (Å²) in [6, 6.07) is 13.9. The Morgan fingerprint density at radius 3 is 1.72 bits per heavy atom. The Kier molecular flexibility index (Phi) is 7.74. The van der Waals surface area contributed by atoms with Gasteiger partial charge in [-0.25, -0.2) is 0 Å². The first-order valence-electron chi connectivity index (χ1n) is 10.2. The van der Waals surface area contributed by atoms with E-state index in [0.29, 0.717) is 16.8 Å². The zero-order chi connectivity index (χ0) is 24.1. The minimum absolute atomic E-state index is 0.000336. The van der Waals surface area contributed by atoms with Crippen molar-refractivity contribution < 1.29 is 14.4 Å². The average Bonchev–Trinajstić information content (AvgIpc) is 2.71. The van der Waals surface area contributed by atoms with Gasteiger partial charge in [0.15, 0.2) is 5.11 Å². The molecule has 7 nitrogen and oxygen atoms in total. The van der Waals surface area contributed by atoms with Gasteiger partial charge in [0, 0.05) is 22.2 Å². The predicted molar refractivity (Wildman–Crippen MR) is 130 cm³/mol. The molecule has 0 bridgehead atoms. The van der Waals surface area contributed by atoms with E-state index in [9.17, 15) is 14.4 Å². The highest BCUT2D eigenvalue weighted by Crippen LogP contribution is 2.22. The number of hydrogen-bond donors (Lipinski definition) is 4. The molecule has 2 rings (SSSR count). The first-order valence-corrected chi connectivity index (χ1v) is 10.6. The van der Waals surface area contributed by atoms with Crippen molar-refractivity contribution in [3.8, 4) is 0 Å². The van der Waals surface area contributed by atoms with Gasteiger partial charge >= 0.3 is 0 Å². The Bertz CT molecular complexity index is 1000. The second kappa shape index (κ2) is 9.91. The number of nitrogens with one attached hydrogen (secondary N) is 4. The van der Waals surface area contributed by atoms with E-state index in [4.69, 9.17) is 12.2 Å². The molecule has 0 spiro atoms. The lowest BCUT2D eigenvalue weighted by atomic mass is 9.87. The summed E-state index contributed by atoms with van der Waals surface area (Å²) in [5, 5.41) is 5.32. The molecule has 0 aliphatic carbocycles. The molecule has 0 heterocycles. The van der Waals surface area contributed by atoms with Crippen molar-refractivity contribution in [3.63, 3.8) is 0 Å². The van der Waals surface area contributed by atoms with Crippen LogP contribution in [0.3, 0.4) is 0 Å². The molecule has 0 radical (unpaired) electrons. The van der Waals surface area contributed by atoms with E-state index in [1.807, 2.05) is 12.1 Å². The Balaban J connectivity index is 1.91. The molecule has 0 saturated heterocycles. The topological polar surface area (TPSA) is 99.3 Å². The molecule has 0 saturated carbocycles. The van der Waals surface area contributed by atoms with E-state index in [1.54, 1.807) is 57.2 Å². The fraction of sp³-hybridized carbons (Fsp3) is 0.333. The SMILES string of the molecule is CC(C)(C)C(=O)NC(=S)NNC(=O)c1ccc(NC(=O)c2ccc(C(C)(C)C)cc2)cc1. The van der Waals surface area contributed by atoms with Crippen molar-refractivity contribution in [2.75, 3.05) is 5.32 Å². The average molecular weight is 455 g/mol. The van der Waals surface area contributed by atoms with E-state index in [1.165, 1.54) is 0 Å². The summed E-state index contributed by atoms with van der Waals surface area (Å²) in [4.78, 5) is 36.6. The van der Waals surface area contributed by atoms with Crippen LogP contribution >= 0.6 is 12.2 Å². The van der Waals surface area contributed by atoms with E-state index >= 15 is 0 Å². The van der Waals surface area contributed by atoms with Crippen LogP contribution in [0.4, 0.5) is 5.69 Å². The molecule has 170 valence electrons. The lowest BCUT2D eigenvalue weighted by Gasteiger charge is -2.19. The molecule has 0 aliphatic rings. The van der Waals surface area contributed by atoms with Gasteiger partial charge in [-0.2, -0.15) is 0 Å². The zero-order valence-corrected chi connectivity index (χ0v) is 20.1. The number of carbonyl (C=O) groups is 3. The van der Waals surface area contributed by atoms with E-state index in [-0.39, 0.29) is 22.3 Å². The molecule has 32 heavy (non-hydrogen) atoms. The van der Waals surface area contributed by atoms with Crippen LogP contribution in [0.5, 0.6) is 0 Å². The third-order valence-corrected chi connectivity index (χ3v) is 4.82. The van der Waals surface area contributed by atoms with Crippen molar-refractivity contribution in [1.82, 2.24) is 16.2 Å². The van der Waals surface area contributed by atoms with Crippen LogP contribution in [0.2, 0.25) is 0 Å². The van der Waals surface area contributed by atoms with Gasteiger partial charge in [-0.1, -0.05) is 53.7 Å². The first kappa shape index (κ1) is 25.0. The number of amides is 3. The summed E-state index contributed by atoms with van der Waals surface area (Å²) in [6.07, 6.45) is 0. The Labute approximate surface area is 194 Å². The largest absolute Gasteiger partial charge is 0.322 e. The van der Waals surface area contributed by atoms with Gasteiger partial charge in [0.25, 0.3) is 11.8 Å². The van der Waals surface area contributed by atoms with Crippen LogP contribution in [0.1, 0.15) is 67.8 Å². The van der Waals surface area contributed by atoms with Crippen LogP contribution in [0, 0.1) is 5.41 Å². The van der Waals surface area contributed by atoms with Gasteiger partial charge in [-0.3, -0.25) is 25.2 Å². The van der Waals surface area contributed by atoms with Crippen molar-refractivity contribution in [1.29, 1.82) is 0 Å². The molecule has 8 heteroatoms. The number of rotatable bonds is 3. The van der Waals surface area contributed by atoms with Crippen LogP contribution in [0.15, 0.2) is 48.5 Å². The summed E-state index contributed by atoms with van der Waals surface area (Å²) in [5.41, 5.74) is 6.95. The van der Waals surface area contributed by atoms with Crippen LogP contribution < -0.4 is 21.5 Å². The maximum Gasteiger partial charge on any atom is 0.269 e. The molecule has 3 amide bonds. The fourth-order valence-corrected chi connectivity index (χ4v) is 2.68. The lowest BCUT2D eigenvalue weighted by molar-refractivity contribution is -0.127. The predicted octanol–water partition coefficient (Wildman–Crippen LogP) is 3.92. The number of anilines is 1. The molecule has 0 fully saturated rings. The van der Waals surface area contributed by atoms with Gasteiger partial charge in [-0.05, 0) is 59.6 Å². The normalized spacial score (nSPS) is 11.3. The second-order valence-corrected chi connectivity index (χ2v) is 9.88. The van der Waals surface area contributed by atoms with Crippen molar-refractivity contribution in [2.24, 2.45) is 5.41 Å². The van der Waals surface area contributed by atoms with E-state index < -0.39 is 11.3 Å². The van der Waals surface area contributed by atoms with Gasteiger partial charge in [-0.15, -0.1) is 0 Å². The summed E-state index contributed by atoms with van der Waals surface area (Å²) >= 11 is 5.01. The smallest absolute Gasteiger partial charge is 0.269 e. The quantitative estimate of drug-likeness (QED) is 0.416. The first-order chi connectivity index (χ1) is 14.8. The number of carbonyl (C=O) groups excluding carboxylic acids is 3. The third-order valence-electron chi connectivity index (χ3n) is 4.62. The third kappa shape index (κ3) is 7.16. The minimum Gasteiger partial charge on any atom is -0.322 e. The van der Waals surface area contributed by atoms with Crippen LogP contribution in [-0.2, 0) is 10.2 Å². The zero-order valence-electron chi connectivity index (χ0n) is 19.3. The number of benzene rings is 2. The van der Waals surface area contributed by atoms with Gasteiger partial charge in [0.1, 0.15) is 0 Å². The molecule has 0 unspecified atom stereocenters. The fourth-order valence-electron chi connectivity index (χ4n) is 2.54. The molecule has 0 aliphatic heterocycles. The Morgan fingerprint density at radius 2 is 1.22 bits per heavy atom. The number of hydrazine groups is 1. The molecule has 0 aromatic heterocycles. The van der Waals surface area contributed by atoms with Gasteiger partial charge in [0.2, 0.25) is 5.91 Å². The second-order valence-electron chi connectivity index (χ2n) is 9.47. The van der Waals surface area contributed by atoms with Gasteiger partial charge in [0.05, 0.1) is 0 Å². The van der Waals surface area contributed by atoms with Crippen molar-refractivity contribution in [2.45, 2.75) is 47.0 Å². The number of thiocarbonyl (C=S) groups is 1. The Morgan fingerprint density at radius 1 is 0.719 bits per heavy atom. The van der Waals surface area contributed by atoms with Crippen LogP contribution in [0.25, 0.3) is 0 Å². The summed E-state index contributed by atoms with van der Waals surface area (Å²) in [5.74, 6) is -0.936. The molecule has 0 atom stereocenters. The van der Waals surface area contributed by atoms with E-state index in [0.717, 1.165) is 5.56 Å². The van der Waals surface area contributed by atoms with E-state index in [2.05, 4.69) is 42.3 Å². The van der Waals surface area contributed by atoms with Crippen molar-refractivity contribution in [3.05, 3.63) is 65.2 Å². The highest BCUT2D eigenvalue weighted by molar-refractivity contribution is 7.80. The molecule has 4 N–H and O–H groups in total.